The second kappa shape index (κ2) is 7.81. The second-order valence-corrected chi connectivity index (χ2v) is 7.76. The topological polar surface area (TPSA) is 76.4 Å². The summed E-state index contributed by atoms with van der Waals surface area (Å²) in [6.45, 7) is 0. The van der Waals surface area contributed by atoms with Crippen molar-refractivity contribution in [2.24, 2.45) is 0 Å². The van der Waals surface area contributed by atoms with E-state index in [0.29, 0.717) is 17.4 Å². The van der Waals surface area contributed by atoms with Gasteiger partial charge in [-0.25, -0.2) is 4.39 Å². The van der Waals surface area contributed by atoms with Crippen molar-refractivity contribution in [1.29, 1.82) is 5.26 Å². The molecule has 170 valence electrons. The zero-order valence-corrected chi connectivity index (χ0v) is 17.7. The Morgan fingerprint density at radius 2 is 2.03 bits per heavy atom. The molecule has 1 aliphatic carbocycles. The lowest BCUT2D eigenvalue weighted by Crippen LogP contribution is -2.55. The molecule has 2 aromatic rings. The lowest BCUT2D eigenvalue weighted by Gasteiger charge is -2.43. The first-order valence-corrected chi connectivity index (χ1v) is 9.95. The predicted octanol–water partition coefficient (Wildman–Crippen LogP) is 4.14. The van der Waals surface area contributed by atoms with E-state index >= 15 is 4.39 Å². The molecule has 0 aromatic heterocycles. The molecule has 2 aliphatic rings. The van der Waals surface area contributed by atoms with Crippen molar-refractivity contribution in [3.63, 3.8) is 0 Å². The Kier molecular flexibility index (Phi) is 4.25. The first kappa shape index (κ1) is 18.0. The molecule has 1 aliphatic heterocycles. The number of alkyl halides is 3. The molecule has 4 rings (SSSR count). The average Bonchev–Trinajstić information content (AvgIpc) is 3.03. The molecule has 0 bridgehead atoms. The summed E-state index contributed by atoms with van der Waals surface area (Å²) in [5, 5.41) is 10.5. The SMILES string of the molecule is [2H]c1cc(C#N)cc(C(F)(F)F)c1N1C(=O)C2(CCC2)N(c2c([2H])c([2H])c(C(=O)NC)c(F)c2[2H])C1=S. The van der Waals surface area contributed by atoms with Crippen LogP contribution in [0.1, 0.15) is 46.2 Å². The summed E-state index contributed by atoms with van der Waals surface area (Å²) in [6.07, 6.45) is -4.62. The highest BCUT2D eigenvalue weighted by atomic mass is 32.1. The number of nitriles is 1. The largest absolute Gasteiger partial charge is 0.418 e. The van der Waals surface area contributed by atoms with Gasteiger partial charge in [0.25, 0.3) is 11.8 Å². The van der Waals surface area contributed by atoms with Crippen molar-refractivity contribution < 1.29 is 32.6 Å². The van der Waals surface area contributed by atoms with Gasteiger partial charge in [-0.1, -0.05) is 0 Å². The van der Waals surface area contributed by atoms with Crippen LogP contribution in [0.25, 0.3) is 0 Å². The minimum atomic E-state index is -5.09. The molecule has 6 nitrogen and oxygen atoms in total. The quantitative estimate of drug-likeness (QED) is 0.528. The highest BCUT2D eigenvalue weighted by Gasteiger charge is 2.60. The van der Waals surface area contributed by atoms with Crippen LogP contribution in [0, 0.1) is 17.1 Å². The van der Waals surface area contributed by atoms with Crippen molar-refractivity contribution in [2.75, 3.05) is 16.8 Å². The number of carbonyl (C=O) groups excluding carboxylic acids is 2. The molecule has 0 unspecified atom stereocenters. The third-order valence-electron chi connectivity index (χ3n) is 5.60. The molecular weight excluding hydrogens is 460 g/mol. The molecule has 2 fully saturated rings. The van der Waals surface area contributed by atoms with Gasteiger partial charge in [-0.2, -0.15) is 18.4 Å². The van der Waals surface area contributed by atoms with Gasteiger partial charge in [0.15, 0.2) is 5.11 Å². The Morgan fingerprint density at radius 1 is 1.33 bits per heavy atom. The number of hydrogen-bond donors (Lipinski definition) is 1. The van der Waals surface area contributed by atoms with Crippen molar-refractivity contribution >= 4 is 40.5 Å². The maximum absolute atomic E-state index is 15.2. The molecular formula is C22H16F4N4O2S. The Morgan fingerprint density at radius 3 is 2.58 bits per heavy atom. The smallest absolute Gasteiger partial charge is 0.355 e. The summed E-state index contributed by atoms with van der Waals surface area (Å²) in [6, 6.07) is -0.742. The van der Waals surface area contributed by atoms with Crippen LogP contribution in [0.15, 0.2) is 36.3 Å². The van der Waals surface area contributed by atoms with Crippen LogP contribution < -0.4 is 15.1 Å². The van der Waals surface area contributed by atoms with E-state index in [0.717, 1.165) is 18.0 Å². The minimum absolute atomic E-state index is 0.0263. The fourth-order valence-corrected chi connectivity index (χ4v) is 4.29. The number of benzene rings is 2. The molecule has 33 heavy (non-hydrogen) atoms. The van der Waals surface area contributed by atoms with Gasteiger partial charge in [0.1, 0.15) is 11.4 Å². The first-order chi connectivity index (χ1) is 17.2. The summed E-state index contributed by atoms with van der Waals surface area (Å²) in [7, 11) is 1.16. The number of thiocarbonyl (C=S) groups is 1. The van der Waals surface area contributed by atoms with Gasteiger partial charge in [0.05, 0.1) is 33.9 Å². The molecule has 2 amide bonds. The normalized spacial score (nSPS) is 18.9. The van der Waals surface area contributed by atoms with Gasteiger partial charge in [-0.05, 0) is 67.8 Å². The zero-order valence-electron chi connectivity index (χ0n) is 20.9. The standard InChI is InChI=1S/C22H16F4N4O2S/c1-28-18(31)14-5-4-13(10-16(14)23)30-20(33)29(19(32)21(30)7-2-8-21)17-6-3-12(11-27)9-15(17)22(24,25)26/h3-6,9-10H,2,7-8H2,1H3,(H,28,31)/i4D,5D,6D,10D. The van der Waals surface area contributed by atoms with E-state index in [2.05, 4.69) is 5.32 Å². The van der Waals surface area contributed by atoms with Crippen LogP contribution in [0.4, 0.5) is 28.9 Å². The number of amides is 2. The summed E-state index contributed by atoms with van der Waals surface area (Å²) >= 11 is 5.35. The van der Waals surface area contributed by atoms with E-state index in [9.17, 15) is 22.8 Å². The van der Waals surface area contributed by atoms with E-state index in [4.69, 9.17) is 23.0 Å². The van der Waals surface area contributed by atoms with Crippen molar-refractivity contribution in [1.82, 2.24) is 5.32 Å². The molecule has 11 heteroatoms. The van der Waals surface area contributed by atoms with Crippen LogP contribution in [0.3, 0.4) is 0 Å². The van der Waals surface area contributed by atoms with Gasteiger partial charge in [-0.15, -0.1) is 0 Å². The van der Waals surface area contributed by atoms with Crippen LogP contribution in [0.2, 0.25) is 0 Å². The Bertz CT molecular complexity index is 1410. The predicted molar refractivity (Wildman–Crippen MR) is 115 cm³/mol. The zero-order chi connectivity index (χ0) is 27.6. The third-order valence-corrected chi connectivity index (χ3v) is 5.97. The first-order valence-electron chi connectivity index (χ1n) is 11.5. The number of anilines is 2. The van der Waals surface area contributed by atoms with Gasteiger partial charge in [0.2, 0.25) is 0 Å². The molecule has 0 radical (unpaired) electrons. The van der Waals surface area contributed by atoms with E-state index in [-0.39, 0.29) is 12.8 Å². The van der Waals surface area contributed by atoms with Crippen molar-refractivity contribution in [3.05, 3.63) is 58.8 Å². The number of rotatable bonds is 3. The number of hydrogen-bond acceptors (Lipinski definition) is 4. The van der Waals surface area contributed by atoms with Crippen LogP contribution in [0.5, 0.6) is 0 Å². The van der Waals surface area contributed by atoms with Gasteiger partial charge in [-0.3, -0.25) is 14.5 Å². The minimum Gasteiger partial charge on any atom is -0.355 e. The van der Waals surface area contributed by atoms with Crippen LogP contribution in [-0.4, -0.2) is 29.5 Å². The van der Waals surface area contributed by atoms with Crippen LogP contribution >= 0.6 is 12.2 Å². The fraction of sp³-hybridized carbons (Fsp3) is 0.273. The summed E-state index contributed by atoms with van der Waals surface area (Å²) in [5.74, 6) is -3.51. The maximum Gasteiger partial charge on any atom is 0.418 e. The second-order valence-electron chi connectivity index (χ2n) is 7.40. The number of halogens is 4. The van der Waals surface area contributed by atoms with E-state index < -0.39 is 86.7 Å². The molecule has 1 saturated heterocycles. The summed E-state index contributed by atoms with van der Waals surface area (Å²) in [5.41, 5.74) is -6.09. The Labute approximate surface area is 197 Å². The highest BCUT2D eigenvalue weighted by molar-refractivity contribution is 7.81. The average molecular weight is 480 g/mol. The Hall–Kier alpha value is -3.52. The highest BCUT2D eigenvalue weighted by Crippen LogP contribution is 2.49. The van der Waals surface area contributed by atoms with Gasteiger partial charge >= 0.3 is 6.18 Å². The van der Waals surface area contributed by atoms with Crippen molar-refractivity contribution in [3.8, 4) is 6.07 Å². The van der Waals surface area contributed by atoms with E-state index in [1.54, 1.807) is 0 Å². The fourth-order valence-electron chi connectivity index (χ4n) is 3.85. The molecule has 2 aromatic carbocycles. The lowest BCUT2D eigenvalue weighted by atomic mass is 9.75. The van der Waals surface area contributed by atoms with Crippen molar-refractivity contribution in [2.45, 2.75) is 31.0 Å². The van der Waals surface area contributed by atoms with Gasteiger partial charge in [0, 0.05) is 12.7 Å². The molecule has 1 spiro atoms. The van der Waals surface area contributed by atoms with E-state index in [1.165, 1.54) is 6.07 Å². The summed E-state index contributed by atoms with van der Waals surface area (Å²) in [4.78, 5) is 27.1. The summed E-state index contributed by atoms with van der Waals surface area (Å²) < 4.78 is 90.2. The van der Waals surface area contributed by atoms with Crippen LogP contribution in [-0.2, 0) is 11.0 Å². The monoisotopic (exact) mass is 480 g/mol. The molecule has 0 atom stereocenters. The van der Waals surface area contributed by atoms with E-state index in [1.807, 2.05) is 0 Å². The molecule has 1 saturated carbocycles. The molecule has 1 N–H and O–H groups in total. The third kappa shape index (κ3) is 3.41. The Balaban J connectivity index is 1.99. The number of nitrogens with zero attached hydrogens (tertiary/aromatic N) is 3. The molecule has 1 heterocycles. The number of carbonyl (C=O) groups is 2. The van der Waals surface area contributed by atoms with Gasteiger partial charge < -0.3 is 10.2 Å². The lowest BCUT2D eigenvalue weighted by molar-refractivity contribution is -0.137. The maximum atomic E-state index is 15.2. The number of nitrogens with one attached hydrogen (secondary N) is 1.